The molecule has 0 aliphatic carbocycles. The van der Waals surface area contributed by atoms with Gasteiger partial charge < -0.3 is 15.4 Å². The SMILES string of the molecule is C[C@@H](C(=O)NC[C@H](O)c1ccccc1)c1ccc2c(c1)[nH]c1ccc(Cl)cc12. The fraction of sp³-hybridized carbons (Fsp3) is 0.174. The smallest absolute Gasteiger partial charge is 0.227 e. The van der Waals surface area contributed by atoms with E-state index in [1.807, 2.05) is 73.7 Å². The molecule has 0 saturated carbocycles. The minimum absolute atomic E-state index is 0.117. The standard InChI is InChI=1S/C23H21ClN2O2/c1-14(23(28)25-13-22(27)15-5-3-2-4-6-15)16-7-9-18-19-12-17(24)8-10-20(19)26-21(18)11-16/h2-12,14,22,26-27H,13H2,1H3,(H,25,28)/t14-,22+/m1/s1. The predicted molar refractivity (Wildman–Crippen MR) is 114 cm³/mol. The van der Waals surface area contributed by atoms with Crippen LogP contribution in [0.3, 0.4) is 0 Å². The van der Waals surface area contributed by atoms with Gasteiger partial charge >= 0.3 is 0 Å². The number of carbonyl (C=O) groups excluding carboxylic acids is 1. The molecule has 3 N–H and O–H groups in total. The van der Waals surface area contributed by atoms with Crippen LogP contribution in [0.2, 0.25) is 5.02 Å². The molecular formula is C23H21ClN2O2. The first-order valence-electron chi connectivity index (χ1n) is 9.24. The van der Waals surface area contributed by atoms with Crippen LogP contribution in [0.25, 0.3) is 21.8 Å². The Balaban J connectivity index is 1.50. The quantitative estimate of drug-likeness (QED) is 0.451. The molecule has 142 valence electrons. The van der Waals surface area contributed by atoms with Gasteiger partial charge in [-0.2, -0.15) is 0 Å². The summed E-state index contributed by atoms with van der Waals surface area (Å²) < 4.78 is 0. The number of nitrogens with one attached hydrogen (secondary N) is 2. The molecule has 0 aliphatic heterocycles. The summed E-state index contributed by atoms with van der Waals surface area (Å²) in [5.41, 5.74) is 3.68. The summed E-state index contributed by atoms with van der Waals surface area (Å²) in [6.07, 6.45) is -0.724. The number of H-pyrrole nitrogens is 1. The van der Waals surface area contributed by atoms with Crippen molar-refractivity contribution in [2.45, 2.75) is 18.9 Å². The van der Waals surface area contributed by atoms with Crippen LogP contribution in [0.1, 0.15) is 30.1 Å². The number of rotatable bonds is 5. The van der Waals surface area contributed by atoms with Gasteiger partial charge in [-0.05, 0) is 42.3 Å². The van der Waals surface area contributed by atoms with Gasteiger partial charge in [-0.25, -0.2) is 0 Å². The van der Waals surface area contributed by atoms with E-state index < -0.39 is 6.10 Å². The molecule has 1 amide bonds. The third-order valence-corrected chi connectivity index (χ3v) is 5.37. The largest absolute Gasteiger partial charge is 0.387 e. The molecule has 0 fully saturated rings. The molecule has 5 heteroatoms. The van der Waals surface area contributed by atoms with Crippen molar-refractivity contribution in [3.8, 4) is 0 Å². The van der Waals surface area contributed by atoms with Crippen LogP contribution >= 0.6 is 11.6 Å². The highest BCUT2D eigenvalue weighted by Gasteiger charge is 2.18. The Morgan fingerprint density at radius 1 is 1.00 bits per heavy atom. The van der Waals surface area contributed by atoms with Crippen LogP contribution < -0.4 is 5.32 Å². The Hall–Kier alpha value is -2.82. The first-order chi connectivity index (χ1) is 13.5. The fourth-order valence-corrected chi connectivity index (χ4v) is 3.63. The minimum atomic E-state index is -0.724. The van der Waals surface area contributed by atoms with Crippen molar-refractivity contribution in [2.75, 3.05) is 6.54 Å². The van der Waals surface area contributed by atoms with Gasteiger partial charge in [0, 0.05) is 33.4 Å². The van der Waals surface area contributed by atoms with E-state index in [2.05, 4.69) is 10.3 Å². The molecule has 1 heterocycles. The van der Waals surface area contributed by atoms with Crippen molar-refractivity contribution in [2.24, 2.45) is 0 Å². The molecular weight excluding hydrogens is 372 g/mol. The summed E-state index contributed by atoms with van der Waals surface area (Å²) in [6, 6.07) is 21.1. The predicted octanol–water partition coefficient (Wildman–Crippen LogP) is 4.93. The highest BCUT2D eigenvalue weighted by atomic mass is 35.5. The van der Waals surface area contributed by atoms with Gasteiger partial charge in [-0.3, -0.25) is 4.79 Å². The van der Waals surface area contributed by atoms with Crippen LogP contribution in [0.15, 0.2) is 66.7 Å². The van der Waals surface area contributed by atoms with Gasteiger partial charge in [0.1, 0.15) is 0 Å². The zero-order valence-corrected chi connectivity index (χ0v) is 16.2. The molecule has 0 unspecified atom stereocenters. The van der Waals surface area contributed by atoms with Gasteiger partial charge in [0.05, 0.1) is 12.0 Å². The van der Waals surface area contributed by atoms with Crippen molar-refractivity contribution < 1.29 is 9.90 Å². The maximum absolute atomic E-state index is 12.6. The third kappa shape index (κ3) is 3.61. The molecule has 2 atom stereocenters. The summed E-state index contributed by atoms with van der Waals surface area (Å²) in [6.45, 7) is 2.05. The molecule has 1 aromatic heterocycles. The van der Waals surface area contributed by atoms with E-state index in [0.29, 0.717) is 5.02 Å². The van der Waals surface area contributed by atoms with Gasteiger partial charge in [0.25, 0.3) is 0 Å². The summed E-state index contributed by atoms with van der Waals surface area (Å²) in [5, 5.41) is 15.9. The Bertz CT molecular complexity index is 1140. The van der Waals surface area contributed by atoms with E-state index in [0.717, 1.165) is 32.9 Å². The van der Waals surface area contributed by atoms with E-state index in [4.69, 9.17) is 11.6 Å². The second-order valence-electron chi connectivity index (χ2n) is 7.01. The number of aromatic amines is 1. The lowest BCUT2D eigenvalue weighted by atomic mass is 9.98. The van der Waals surface area contributed by atoms with Gasteiger partial charge in [-0.15, -0.1) is 0 Å². The second kappa shape index (κ2) is 7.66. The highest BCUT2D eigenvalue weighted by Crippen LogP contribution is 2.30. The number of amides is 1. The van der Waals surface area contributed by atoms with Crippen LogP contribution in [0.4, 0.5) is 0 Å². The average molecular weight is 393 g/mol. The van der Waals surface area contributed by atoms with Crippen molar-refractivity contribution in [1.29, 1.82) is 0 Å². The summed E-state index contributed by atoms with van der Waals surface area (Å²) in [4.78, 5) is 16.0. The lowest BCUT2D eigenvalue weighted by Crippen LogP contribution is -2.31. The van der Waals surface area contributed by atoms with Crippen LogP contribution in [-0.4, -0.2) is 22.5 Å². The number of hydrogen-bond acceptors (Lipinski definition) is 2. The van der Waals surface area contributed by atoms with Crippen molar-refractivity contribution in [3.63, 3.8) is 0 Å². The zero-order valence-electron chi connectivity index (χ0n) is 15.4. The molecule has 4 aromatic rings. The molecule has 0 spiro atoms. The average Bonchev–Trinajstić information content (AvgIpc) is 3.08. The van der Waals surface area contributed by atoms with E-state index in [1.165, 1.54) is 0 Å². The van der Waals surface area contributed by atoms with Gasteiger partial charge in [0.15, 0.2) is 0 Å². The molecule has 4 nitrogen and oxygen atoms in total. The van der Waals surface area contributed by atoms with Crippen molar-refractivity contribution in [1.82, 2.24) is 10.3 Å². The number of aliphatic hydroxyl groups excluding tert-OH is 1. The lowest BCUT2D eigenvalue weighted by molar-refractivity contribution is -0.122. The van der Waals surface area contributed by atoms with E-state index in [1.54, 1.807) is 0 Å². The Labute approximate surface area is 168 Å². The number of halogens is 1. The topological polar surface area (TPSA) is 65.1 Å². The lowest BCUT2D eigenvalue weighted by Gasteiger charge is -2.16. The first-order valence-corrected chi connectivity index (χ1v) is 9.62. The van der Waals surface area contributed by atoms with Crippen molar-refractivity contribution >= 4 is 39.3 Å². The van der Waals surface area contributed by atoms with E-state index in [-0.39, 0.29) is 18.4 Å². The molecule has 3 aromatic carbocycles. The zero-order chi connectivity index (χ0) is 19.7. The second-order valence-corrected chi connectivity index (χ2v) is 7.45. The summed E-state index contributed by atoms with van der Waals surface area (Å²) >= 11 is 6.12. The maximum atomic E-state index is 12.6. The Morgan fingerprint density at radius 2 is 1.79 bits per heavy atom. The number of aliphatic hydroxyl groups is 1. The number of carbonyl (C=O) groups is 1. The fourth-order valence-electron chi connectivity index (χ4n) is 3.46. The highest BCUT2D eigenvalue weighted by molar-refractivity contribution is 6.31. The van der Waals surface area contributed by atoms with E-state index >= 15 is 0 Å². The molecule has 28 heavy (non-hydrogen) atoms. The molecule has 0 saturated heterocycles. The minimum Gasteiger partial charge on any atom is -0.387 e. The Kier molecular flexibility index (Phi) is 5.07. The van der Waals surface area contributed by atoms with Gasteiger partial charge in [-0.1, -0.05) is 54.1 Å². The number of aromatic nitrogens is 1. The van der Waals surface area contributed by atoms with Crippen molar-refractivity contribution in [3.05, 3.63) is 82.9 Å². The number of fused-ring (bicyclic) bond motifs is 3. The molecule has 4 rings (SSSR count). The van der Waals surface area contributed by atoms with Gasteiger partial charge in [0.2, 0.25) is 5.91 Å². The van der Waals surface area contributed by atoms with Crippen LogP contribution in [0.5, 0.6) is 0 Å². The Morgan fingerprint density at radius 3 is 2.57 bits per heavy atom. The van der Waals surface area contributed by atoms with Crippen LogP contribution in [-0.2, 0) is 4.79 Å². The van der Waals surface area contributed by atoms with Crippen LogP contribution in [0, 0.1) is 0 Å². The normalized spacial score (nSPS) is 13.5. The molecule has 0 aliphatic rings. The third-order valence-electron chi connectivity index (χ3n) is 5.13. The monoisotopic (exact) mass is 392 g/mol. The number of benzene rings is 3. The summed E-state index contributed by atoms with van der Waals surface area (Å²) in [5.74, 6) is -0.448. The maximum Gasteiger partial charge on any atom is 0.227 e. The van der Waals surface area contributed by atoms with E-state index in [9.17, 15) is 9.90 Å². The molecule has 0 bridgehead atoms. The summed E-state index contributed by atoms with van der Waals surface area (Å²) in [7, 11) is 0. The molecule has 0 radical (unpaired) electrons. The number of hydrogen-bond donors (Lipinski definition) is 3. The first kappa shape index (κ1) is 18.5.